The van der Waals surface area contributed by atoms with Crippen LogP contribution in [0.2, 0.25) is 0 Å². The fraction of sp³-hybridized carbons (Fsp3) is 0.304. The molecule has 2 aromatic carbocycles. The molecular formula is C23H24N2O4. The predicted octanol–water partition coefficient (Wildman–Crippen LogP) is 3.65. The van der Waals surface area contributed by atoms with E-state index in [0.29, 0.717) is 30.3 Å². The van der Waals surface area contributed by atoms with Crippen LogP contribution in [0.15, 0.2) is 48.0 Å². The van der Waals surface area contributed by atoms with Crippen molar-refractivity contribution in [2.75, 3.05) is 20.3 Å². The minimum atomic E-state index is -0.345. The Bertz CT molecular complexity index is 942. The van der Waals surface area contributed by atoms with E-state index in [0.717, 1.165) is 24.2 Å². The molecule has 3 rings (SSSR count). The summed E-state index contributed by atoms with van der Waals surface area (Å²) in [6, 6.07) is 15.2. The number of methoxy groups -OCH3 is 1. The summed E-state index contributed by atoms with van der Waals surface area (Å²) in [5.74, 6) is 1.58. The largest absolute Gasteiger partial charge is 0.493 e. The van der Waals surface area contributed by atoms with Crippen molar-refractivity contribution in [3.63, 3.8) is 0 Å². The van der Waals surface area contributed by atoms with Gasteiger partial charge >= 0.3 is 0 Å². The van der Waals surface area contributed by atoms with E-state index in [2.05, 4.69) is 5.32 Å². The van der Waals surface area contributed by atoms with Crippen LogP contribution >= 0.6 is 0 Å². The van der Waals surface area contributed by atoms with Crippen LogP contribution in [-0.4, -0.2) is 32.3 Å². The highest BCUT2D eigenvalue weighted by molar-refractivity contribution is 6.02. The minimum absolute atomic E-state index is 0.0688. The summed E-state index contributed by atoms with van der Waals surface area (Å²) in [7, 11) is 1.55. The van der Waals surface area contributed by atoms with E-state index in [1.807, 2.05) is 37.3 Å². The molecule has 0 aromatic heterocycles. The summed E-state index contributed by atoms with van der Waals surface area (Å²) < 4.78 is 16.9. The third-order valence-electron chi connectivity index (χ3n) is 4.47. The molecule has 2 aromatic rings. The number of carbonyl (C=O) groups is 1. The Hall–Kier alpha value is -3.46. The number of ether oxygens (including phenoxy) is 3. The molecule has 6 heteroatoms. The number of aryl methyl sites for hydroxylation is 1. The molecule has 0 aliphatic heterocycles. The van der Waals surface area contributed by atoms with Gasteiger partial charge in [0.25, 0.3) is 5.91 Å². The van der Waals surface area contributed by atoms with E-state index >= 15 is 0 Å². The van der Waals surface area contributed by atoms with Crippen molar-refractivity contribution >= 4 is 12.0 Å². The molecule has 6 nitrogen and oxygen atoms in total. The van der Waals surface area contributed by atoms with Gasteiger partial charge in [0.15, 0.2) is 11.5 Å². The zero-order valence-electron chi connectivity index (χ0n) is 16.6. The molecule has 150 valence electrons. The van der Waals surface area contributed by atoms with Gasteiger partial charge in [-0.15, -0.1) is 0 Å². The molecule has 1 fully saturated rings. The molecule has 0 spiro atoms. The number of nitrogens with one attached hydrogen (secondary N) is 1. The standard InChI is InChI=1S/C23H24N2O4/c1-16-5-3-4-6-20(16)28-11-12-29-21-10-7-17(14-22(21)27-2)13-18(15-24)23(26)25-19-8-9-19/h3-7,10,13-14,19H,8-9,11-12H2,1-2H3,(H,25,26)/b18-13+. The second-order valence-electron chi connectivity index (χ2n) is 6.79. The molecule has 0 unspecified atom stereocenters. The lowest BCUT2D eigenvalue weighted by atomic mass is 10.1. The van der Waals surface area contributed by atoms with E-state index in [-0.39, 0.29) is 17.5 Å². The fourth-order valence-electron chi connectivity index (χ4n) is 2.72. The molecule has 1 aliphatic carbocycles. The van der Waals surface area contributed by atoms with Crippen LogP contribution in [0.25, 0.3) is 6.08 Å². The zero-order chi connectivity index (χ0) is 20.6. The van der Waals surface area contributed by atoms with Crippen molar-refractivity contribution in [3.05, 3.63) is 59.2 Å². The number of amides is 1. The first kappa shape index (κ1) is 20.3. The highest BCUT2D eigenvalue weighted by Gasteiger charge is 2.24. The summed E-state index contributed by atoms with van der Waals surface area (Å²) in [5.41, 5.74) is 1.83. The molecular weight excluding hydrogens is 368 g/mol. The van der Waals surface area contributed by atoms with Gasteiger partial charge in [-0.1, -0.05) is 24.3 Å². The molecule has 0 heterocycles. The Balaban J connectivity index is 1.60. The Labute approximate surface area is 170 Å². The van der Waals surface area contributed by atoms with Gasteiger partial charge in [-0.2, -0.15) is 5.26 Å². The fourth-order valence-corrected chi connectivity index (χ4v) is 2.72. The van der Waals surface area contributed by atoms with Crippen LogP contribution in [0.4, 0.5) is 0 Å². The number of para-hydroxylation sites is 1. The Kier molecular flexibility index (Phi) is 6.75. The summed E-state index contributed by atoms with van der Waals surface area (Å²) >= 11 is 0. The third-order valence-corrected chi connectivity index (χ3v) is 4.47. The van der Waals surface area contributed by atoms with Crippen molar-refractivity contribution < 1.29 is 19.0 Å². The molecule has 1 amide bonds. The Morgan fingerprint density at radius 3 is 2.52 bits per heavy atom. The molecule has 0 bridgehead atoms. The average molecular weight is 392 g/mol. The average Bonchev–Trinajstić information content (AvgIpc) is 3.55. The lowest BCUT2D eigenvalue weighted by Crippen LogP contribution is -2.26. The van der Waals surface area contributed by atoms with Crippen molar-refractivity contribution in [1.29, 1.82) is 5.26 Å². The minimum Gasteiger partial charge on any atom is -0.493 e. The number of carbonyl (C=O) groups excluding carboxylic acids is 1. The summed E-state index contributed by atoms with van der Waals surface area (Å²) in [5, 5.41) is 12.1. The number of nitriles is 1. The molecule has 1 N–H and O–H groups in total. The summed E-state index contributed by atoms with van der Waals surface area (Å²) in [4.78, 5) is 12.1. The Morgan fingerprint density at radius 1 is 1.14 bits per heavy atom. The smallest absolute Gasteiger partial charge is 0.262 e. The number of hydrogen-bond donors (Lipinski definition) is 1. The van der Waals surface area contributed by atoms with Gasteiger partial charge < -0.3 is 19.5 Å². The second-order valence-corrected chi connectivity index (χ2v) is 6.79. The lowest BCUT2D eigenvalue weighted by molar-refractivity contribution is -0.117. The van der Waals surface area contributed by atoms with Gasteiger partial charge in [-0.3, -0.25) is 4.79 Å². The van der Waals surface area contributed by atoms with Gasteiger partial charge in [-0.25, -0.2) is 0 Å². The second kappa shape index (κ2) is 9.65. The van der Waals surface area contributed by atoms with Crippen LogP contribution in [-0.2, 0) is 4.79 Å². The number of hydrogen-bond acceptors (Lipinski definition) is 5. The first-order valence-electron chi connectivity index (χ1n) is 9.52. The SMILES string of the molecule is COc1cc(/C=C(\C#N)C(=O)NC2CC2)ccc1OCCOc1ccccc1C. The monoisotopic (exact) mass is 392 g/mol. The maximum absolute atomic E-state index is 12.1. The van der Waals surface area contributed by atoms with Gasteiger partial charge in [0, 0.05) is 6.04 Å². The molecule has 0 saturated heterocycles. The van der Waals surface area contributed by atoms with Gasteiger partial charge in [0.1, 0.15) is 30.6 Å². The molecule has 1 saturated carbocycles. The first-order chi connectivity index (χ1) is 14.1. The third kappa shape index (κ3) is 5.76. The summed E-state index contributed by atoms with van der Waals surface area (Å²) in [6.45, 7) is 2.74. The van der Waals surface area contributed by atoms with Crippen LogP contribution in [0.5, 0.6) is 17.2 Å². The predicted molar refractivity (Wildman–Crippen MR) is 110 cm³/mol. The quantitative estimate of drug-likeness (QED) is 0.400. The molecule has 29 heavy (non-hydrogen) atoms. The van der Waals surface area contributed by atoms with Crippen LogP contribution < -0.4 is 19.5 Å². The van der Waals surface area contributed by atoms with Gasteiger partial charge in [0.2, 0.25) is 0 Å². The zero-order valence-corrected chi connectivity index (χ0v) is 16.6. The van der Waals surface area contributed by atoms with E-state index in [1.54, 1.807) is 31.4 Å². The van der Waals surface area contributed by atoms with Crippen molar-refractivity contribution in [2.45, 2.75) is 25.8 Å². The van der Waals surface area contributed by atoms with E-state index in [1.165, 1.54) is 0 Å². The number of nitrogens with zero attached hydrogens (tertiary/aromatic N) is 1. The van der Waals surface area contributed by atoms with Gasteiger partial charge in [0.05, 0.1) is 7.11 Å². The number of rotatable bonds is 9. The van der Waals surface area contributed by atoms with Crippen LogP contribution in [0, 0.1) is 18.3 Å². The van der Waals surface area contributed by atoms with Crippen molar-refractivity contribution in [3.8, 4) is 23.3 Å². The maximum atomic E-state index is 12.1. The van der Waals surface area contributed by atoms with Crippen LogP contribution in [0.3, 0.4) is 0 Å². The molecule has 0 radical (unpaired) electrons. The summed E-state index contributed by atoms with van der Waals surface area (Å²) in [6.07, 6.45) is 3.49. The first-order valence-corrected chi connectivity index (χ1v) is 9.52. The topological polar surface area (TPSA) is 80.6 Å². The van der Waals surface area contributed by atoms with E-state index in [4.69, 9.17) is 14.2 Å². The van der Waals surface area contributed by atoms with Crippen molar-refractivity contribution in [1.82, 2.24) is 5.32 Å². The van der Waals surface area contributed by atoms with E-state index in [9.17, 15) is 10.1 Å². The maximum Gasteiger partial charge on any atom is 0.262 e. The van der Waals surface area contributed by atoms with Gasteiger partial charge in [-0.05, 0) is 55.2 Å². The Morgan fingerprint density at radius 2 is 1.86 bits per heavy atom. The normalized spacial score (nSPS) is 13.3. The highest BCUT2D eigenvalue weighted by atomic mass is 16.5. The van der Waals surface area contributed by atoms with Crippen LogP contribution in [0.1, 0.15) is 24.0 Å². The van der Waals surface area contributed by atoms with E-state index < -0.39 is 0 Å². The highest BCUT2D eigenvalue weighted by Crippen LogP contribution is 2.29. The number of benzene rings is 2. The molecule has 0 atom stereocenters. The lowest BCUT2D eigenvalue weighted by Gasteiger charge is -2.13. The van der Waals surface area contributed by atoms with Crippen molar-refractivity contribution in [2.24, 2.45) is 0 Å². The molecule has 1 aliphatic rings.